The molecule has 0 spiro atoms. The third-order valence-corrected chi connectivity index (χ3v) is 2.65. The summed E-state index contributed by atoms with van der Waals surface area (Å²) in [7, 11) is 1.59. The van der Waals surface area contributed by atoms with Gasteiger partial charge < -0.3 is 14.8 Å². The van der Waals surface area contributed by atoms with Crippen LogP contribution in [0, 0.1) is 0 Å². The SMILES string of the molecule is COc1ccc(OCC(=O)Nc2ccc(Cl)cn2)cc1. The quantitative estimate of drug-likeness (QED) is 0.920. The number of rotatable bonds is 5. The van der Waals surface area contributed by atoms with Crippen LogP contribution in [-0.2, 0) is 4.79 Å². The number of carbonyl (C=O) groups is 1. The topological polar surface area (TPSA) is 60.5 Å². The molecule has 1 amide bonds. The molecule has 0 radical (unpaired) electrons. The first-order chi connectivity index (χ1) is 9.67. The molecular weight excluding hydrogens is 280 g/mol. The van der Waals surface area contributed by atoms with Gasteiger partial charge in [-0.3, -0.25) is 4.79 Å². The van der Waals surface area contributed by atoms with E-state index in [2.05, 4.69) is 10.3 Å². The first kappa shape index (κ1) is 14.1. The summed E-state index contributed by atoms with van der Waals surface area (Å²) in [5, 5.41) is 3.12. The highest BCUT2D eigenvalue weighted by Gasteiger charge is 2.04. The summed E-state index contributed by atoms with van der Waals surface area (Å²) in [6.07, 6.45) is 1.46. The third kappa shape index (κ3) is 4.13. The average Bonchev–Trinajstić information content (AvgIpc) is 2.48. The smallest absolute Gasteiger partial charge is 0.263 e. The maximum atomic E-state index is 11.7. The standard InChI is InChI=1S/C14H13ClN2O3/c1-19-11-3-5-12(6-4-11)20-9-14(18)17-13-7-2-10(15)8-16-13/h2-8H,9H2,1H3,(H,16,17,18). The third-order valence-electron chi connectivity index (χ3n) is 2.42. The van der Waals surface area contributed by atoms with Crippen molar-refractivity contribution in [2.75, 3.05) is 19.0 Å². The Kier molecular flexibility index (Phi) is 4.79. The normalized spacial score (nSPS) is 9.90. The van der Waals surface area contributed by atoms with Crippen LogP contribution in [0.4, 0.5) is 5.82 Å². The molecule has 1 N–H and O–H groups in total. The van der Waals surface area contributed by atoms with Gasteiger partial charge in [-0.1, -0.05) is 11.6 Å². The predicted octanol–water partition coefficient (Wildman–Crippen LogP) is 2.76. The van der Waals surface area contributed by atoms with E-state index in [4.69, 9.17) is 21.1 Å². The molecule has 0 fully saturated rings. The average molecular weight is 293 g/mol. The highest BCUT2D eigenvalue weighted by molar-refractivity contribution is 6.30. The molecule has 1 aromatic heterocycles. The lowest BCUT2D eigenvalue weighted by Gasteiger charge is -2.07. The molecule has 2 rings (SSSR count). The maximum Gasteiger partial charge on any atom is 0.263 e. The first-order valence-corrected chi connectivity index (χ1v) is 6.23. The summed E-state index contributed by atoms with van der Waals surface area (Å²) in [6, 6.07) is 10.2. The Morgan fingerprint density at radius 1 is 1.20 bits per heavy atom. The highest BCUT2D eigenvalue weighted by Crippen LogP contribution is 2.17. The van der Waals surface area contributed by atoms with Crippen molar-refractivity contribution in [3.8, 4) is 11.5 Å². The molecule has 0 atom stereocenters. The first-order valence-electron chi connectivity index (χ1n) is 5.85. The summed E-state index contributed by atoms with van der Waals surface area (Å²) in [5.41, 5.74) is 0. The number of nitrogens with one attached hydrogen (secondary N) is 1. The zero-order valence-electron chi connectivity index (χ0n) is 10.8. The molecule has 104 valence electrons. The van der Waals surface area contributed by atoms with E-state index in [-0.39, 0.29) is 12.5 Å². The second-order valence-electron chi connectivity index (χ2n) is 3.87. The van der Waals surface area contributed by atoms with Gasteiger partial charge in [-0.2, -0.15) is 0 Å². The number of halogens is 1. The van der Waals surface area contributed by atoms with E-state index >= 15 is 0 Å². The van der Waals surface area contributed by atoms with Crippen molar-refractivity contribution in [2.45, 2.75) is 0 Å². The molecular formula is C14H13ClN2O3. The van der Waals surface area contributed by atoms with Gasteiger partial charge in [0.2, 0.25) is 0 Å². The zero-order chi connectivity index (χ0) is 14.4. The number of amides is 1. The lowest BCUT2D eigenvalue weighted by Crippen LogP contribution is -2.20. The minimum Gasteiger partial charge on any atom is -0.497 e. The number of hydrogen-bond donors (Lipinski definition) is 1. The molecule has 20 heavy (non-hydrogen) atoms. The summed E-state index contributed by atoms with van der Waals surface area (Å²) < 4.78 is 10.4. The van der Waals surface area contributed by atoms with Crippen LogP contribution >= 0.6 is 11.6 Å². The number of ether oxygens (including phenoxy) is 2. The van der Waals surface area contributed by atoms with Gasteiger partial charge in [-0.25, -0.2) is 4.98 Å². The van der Waals surface area contributed by atoms with Crippen molar-refractivity contribution in [2.24, 2.45) is 0 Å². The fraction of sp³-hybridized carbons (Fsp3) is 0.143. The van der Waals surface area contributed by atoms with Crippen molar-refractivity contribution in [3.05, 3.63) is 47.6 Å². The summed E-state index contributed by atoms with van der Waals surface area (Å²) >= 11 is 5.70. The van der Waals surface area contributed by atoms with Crippen LogP contribution < -0.4 is 14.8 Å². The number of aromatic nitrogens is 1. The van der Waals surface area contributed by atoms with E-state index in [0.29, 0.717) is 16.6 Å². The zero-order valence-corrected chi connectivity index (χ0v) is 11.6. The van der Waals surface area contributed by atoms with E-state index in [1.165, 1.54) is 6.20 Å². The molecule has 1 heterocycles. The number of nitrogens with zero attached hydrogens (tertiary/aromatic N) is 1. The molecule has 0 aliphatic carbocycles. The molecule has 0 unspecified atom stereocenters. The van der Waals surface area contributed by atoms with Gasteiger partial charge in [0.1, 0.15) is 17.3 Å². The lowest BCUT2D eigenvalue weighted by atomic mass is 10.3. The number of methoxy groups -OCH3 is 1. The largest absolute Gasteiger partial charge is 0.497 e. The van der Waals surface area contributed by atoms with Gasteiger partial charge in [0.25, 0.3) is 5.91 Å². The van der Waals surface area contributed by atoms with E-state index in [0.717, 1.165) is 5.75 Å². The number of carbonyl (C=O) groups excluding carboxylic acids is 1. The van der Waals surface area contributed by atoms with Crippen LogP contribution in [0.2, 0.25) is 5.02 Å². The van der Waals surface area contributed by atoms with Crippen LogP contribution in [0.1, 0.15) is 0 Å². The van der Waals surface area contributed by atoms with Crippen LogP contribution in [-0.4, -0.2) is 24.6 Å². The minimum atomic E-state index is -0.296. The monoisotopic (exact) mass is 292 g/mol. The minimum absolute atomic E-state index is 0.101. The molecule has 5 nitrogen and oxygen atoms in total. The van der Waals surface area contributed by atoms with Crippen molar-refractivity contribution >= 4 is 23.3 Å². The number of anilines is 1. The van der Waals surface area contributed by atoms with Crippen LogP contribution in [0.25, 0.3) is 0 Å². The fourth-order valence-corrected chi connectivity index (χ4v) is 1.56. The lowest BCUT2D eigenvalue weighted by molar-refractivity contribution is -0.118. The van der Waals surface area contributed by atoms with E-state index in [1.807, 2.05) is 0 Å². The van der Waals surface area contributed by atoms with Crippen LogP contribution in [0.5, 0.6) is 11.5 Å². The molecule has 0 aliphatic rings. The molecule has 0 bridgehead atoms. The van der Waals surface area contributed by atoms with Gasteiger partial charge in [0.15, 0.2) is 6.61 Å². The van der Waals surface area contributed by atoms with Crippen molar-refractivity contribution < 1.29 is 14.3 Å². The van der Waals surface area contributed by atoms with Gasteiger partial charge in [-0.15, -0.1) is 0 Å². The Morgan fingerprint density at radius 3 is 2.50 bits per heavy atom. The fourth-order valence-electron chi connectivity index (χ4n) is 1.45. The second-order valence-corrected chi connectivity index (χ2v) is 4.31. The van der Waals surface area contributed by atoms with E-state index < -0.39 is 0 Å². The molecule has 0 aliphatic heterocycles. The van der Waals surface area contributed by atoms with Gasteiger partial charge in [-0.05, 0) is 36.4 Å². The van der Waals surface area contributed by atoms with Crippen molar-refractivity contribution in [3.63, 3.8) is 0 Å². The summed E-state index contributed by atoms with van der Waals surface area (Å²) in [6.45, 7) is -0.101. The molecule has 2 aromatic rings. The van der Waals surface area contributed by atoms with Crippen LogP contribution in [0.15, 0.2) is 42.6 Å². The molecule has 1 aromatic carbocycles. The molecule has 6 heteroatoms. The summed E-state index contributed by atoms with van der Waals surface area (Å²) in [5.74, 6) is 1.45. The molecule has 0 saturated carbocycles. The highest BCUT2D eigenvalue weighted by atomic mass is 35.5. The Morgan fingerprint density at radius 2 is 1.90 bits per heavy atom. The van der Waals surface area contributed by atoms with Gasteiger partial charge in [0, 0.05) is 6.20 Å². The number of hydrogen-bond acceptors (Lipinski definition) is 4. The Labute approximate surface area is 121 Å². The Bertz CT molecular complexity index is 570. The van der Waals surface area contributed by atoms with Crippen molar-refractivity contribution in [1.82, 2.24) is 4.98 Å². The van der Waals surface area contributed by atoms with Gasteiger partial charge >= 0.3 is 0 Å². The maximum absolute atomic E-state index is 11.7. The van der Waals surface area contributed by atoms with Crippen LogP contribution in [0.3, 0.4) is 0 Å². The summed E-state index contributed by atoms with van der Waals surface area (Å²) in [4.78, 5) is 15.6. The van der Waals surface area contributed by atoms with Gasteiger partial charge in [0.05, 0.1) is 12.1 Å². The molecule has 0 saturated heterocycles. The number of pyridine rings is 1. The number of benzene rings is 1. The van der Waals surface area contributed by atoms with Crippen molar-refractivity contribution in [1.29, 1.82) is 0 Å². The predicted molar refractivity (Wildman–Crippen MR) is 76.4 cm³/mol. The van der Waals surface area contributed by atoms with E-state index in [9.17, 15) is 4.79 Å². The van der Waals surface area contributed by atoms with E-state index in [1.54, 1.807) is 43.5 Å². The Balaban J connectivity index is 1.83. The Hall–Kier alpha value is -2.27. The second kappa shape index (κ2) is 6.77.